The van der Waals surface area contributed by atoms with Gasteiger partial charge in [0.25, 0.3) is 0 Å². The van der Waals surface area contributed by atoms with E-state index in [0.717, 1.165) is 24.8 Å². The molecule has 0 saturated heterocycles. The van der Waals surface area contributed by atoms with Crippen LogP contribution in [0.4, 0.5) is 0 Å². The van der Waals surface area contributed by atoms with Crippen molar-refractivity contribution in [2.75, 3.05) is 0 Å². The number of aliphatic carboxylic acids is 1. The highest BCUT2D eigenvalue weighted by atomic mass is 32.2. The van der Waals surface area contributed by atoms with Crippen molar-refractivity contribution in [1.29, 1.82) is 0 Å². The maximum Gasteiger partial charge on any atom is 0.307 e. The topological polar surface area (TPSA) is 83.5 Å². The fourth-order valence-corrected chi connectivity index (χ4v) is 3.72. The Morgan fingerprint density at radius 3 is 2.55 bits per heavy atom. The first-order valence-corrected chi connectivity index (χ1v) is 8.16. The number of carboxylic acids is 1. The second-order valence-electron chi connectivity index (χ2n) is 5.32. The Balaban J connectivity index is 2.20. The standard InChI is InChI=1S/C14H19NO4S/c1-9(14(16)17)10(2)15-20(18,19)13-7-6-11-4-3-5-12(11)8-13/h6-10,15H,3-5H2,1-2H3,(H,16,17). The van der Waals surface area contributed by atoms with Crippen molar-refractivity contribution in [2.45, 2.75) is 44.0 Å². The van der Waals surface area contributed by atoms with Crippen LogP contribution in [0.3, 0.4) is 0 Å². The summed E-state index contributed by atoms with van der Waals surface area (Å²) in [5.41, 5.74) is 2.28. The predicted molar refractivity (Wildman–Crippen MR) is 75.1 cm³/mol. The molecular weight excluding hydrogens is 278 g/mol. The lowest BCUT2D eigenvalue weighted by Gasteiger charge is -2.18. The van der Waals surface area contributed by atoms with E-state index < -0.39 is 28.0 Å². The molecule has 0 amide bonds. The van der Waals surface area contributed by atoms with Gasteiger partial charge in [-0.2, -0.15) is 0 Å². The van der Waals surface area contributed by atoms with Gasteiger partial charge in [-0.3, -0.25) is 4.79 Å². The Bertz CT molecular complexity index is 624. The molecule has 1 aromatic rings. The Morgan fingerprint density at radius 1 is 1.25 bits per heavy atom. The van der Waals surface area contributed by atoms with Crippen molar-refractivity contribution < 1.29 is 18.3 Å². The van der Waals surface area contributed by atoms with E-state index in [4.69, 9.17) is 5.11 Å². The lowest BCUT2D eigenvalue weighted by atomic mass is 10.1. The Labute approximate surface area is 119 Å². The summed E-state index contributed by atoms with van der Waals surface area (Å²) in [6.45, 7) is 3.04. The van der Waals surface area contributed by atoms with Crippen LogP contribution in [0.2, 0.25) is 0 Å². The zero-order chi connectivity index (χ0) is 14.9. The first-order chi connectivity index (χ1) is 9.31. The second-order valence-corrected chi connectivity index (χ2v) is 7.03. The number of rotatable bonds is 5. The SMILES string of the molecule is CC(NS(=O)(=O)c1ccc2c(c1)CCC2)C(C)C(=O)O. The molecule has 6 heteroatoms. The maximum absolute atomic E-state index is 12.3. The fraction of sp³-hybridized carbons (Fsp3) is 0.500. The number of nitrogens with one attached hydrogen (secondary N) is 1. The highest BCUT2D eigenvalue weighted by molar-refractivity contribution is 7.89. The largest absolute Gasteiger partial charge is 0.481 e. The Kier molecular flexibility index (Phi) is 4.15. The van der Waals surface area contributed by atoms with Crippen LogP contribution >= 0.6 is 0 Å². The summed E-state index contributed by atoms with van der Waals surface area (Å²) in [6, 6.07) is 4.47. The number of aryl methyl sites for hydroxylation is 2. The fourth-order valence-electron chi connectivity index (χ4n) is 2.34. The minimum absolute atomic E-state index is 0.211. The summed E-state index contributed by atoms with van der Waals surface area (Å²) >= 11 is 0. The average molecular weight is 297 g/mol. The number of hydrogen-bond donors (Lipinski definition) is 2. The van der Waals surface area contributed by atoms with Gasteiger partial charge in [-0.15, -0.1) is 0 Å². The molecule has 2 N–H and O–H groups in total. The van der Waals surface area contributed by atoms with Crippen LogP contribution in [0.25, 0.3) is 0 Å². The van der Waals surface area contributed by atoms with Crippen LogP contribution < -0.4 is 4.72 Å². The van der Waals surface area contributed by atoms with E-state index in [1.165, 1.54) is 12.5 Å². The van der Waals surface area contributed by atoms with Gasteiger partial charge in [-0.05, 0) is 49.4 Å². The van der Waals surface area contributed by atoms with Crippen LogP contribution in [0, 0.1) is 5.92 Å². The van der Waals surface area contributed by atoms with Gasteiger partial charge in [0.05, 0.1) is 10.8 Å². The van der Waals surface area contributed by atoms with Gasteiger partial charge in [0, 0.05) is 6.04 Å². The molecule has 2 unspecified atom stereocenters. The highest BCUT2D eigenvalue weighted by Gasteiger charge is 2.26. The molecule has 110 valence electrons. The van der Waals surface area contributed by atoms with E-state index in [0.29, 0.717) is 0 Å². The molecule has 2 rings (SSSR count). The van der Waals surface area contributed by atoms with Crippen molar-refractivity contribution in [3.8, 4) is 0 Å². The van der Waals surface area contributed by atoms with Crippen molar-refractivity contribution in [3.63, 3.8) is 0 Å². The van der Waals surface area contributed by atoms with E-state index in [1.54, 1.807) is 19.1 Å². The van der Waals surface area contributed by atoms with Gasteiger partial charge in [-0.25, -0.2) is 13.1 Å². The molecule has 1 aliphatic carbocycles. The predicted octanol–water partition coefficient (Wildman–Crippen LogP) is 1.56. The molecule has 1 aromatic carbocycles. The molecule has 5 nitrogen and oxygen atoms in total. The summed E-state index contributed by atoms with van der Waals surface area (Å²) in [7, 11) is -3.67. The second kappa shape index (κ2) is 5.54. The van der Waals surface area contributed by atoms with E-state index >= 15 is 0 Å². The van der Waals surface area contributed by atoms with E-state index in [2.05, 4.69) is 4.72 Å². The molecule has 0 saturated carbocycles. The molecule has 0 aliphatic heterocycles. The van der Waals surface area contributed by atoms with E-state index in [-0.39, 0.29) is 4.90 Å². The lowest BCUT2D eigenvalue weighted by Crippen LogP contribution is -2.40. The third-order valence-corrected chi connectivity index (χ3v) is 5.42. The van der Waals surface area contributed by atoms with Crippen molar-refractivity contribution in [2.24, 2.45) is 5.92 Å². The summed E-state index contributed by atoms with van der Waals surface area (Å²) in [5.74, 6) is -1.80. The molecular formula is C14H19NO4S. The summed E-state index contributed by atoms with van der Waals surface area (Å²) in [6.07, 6.45) is 2.95. The molecule has 1 aliphatic rings. The number of carbonyl (C=O) groups is 1. The summed E-state index contributed by atoms with van der Waals surface area (Å²) in [5, 5.41) is 8.91. The first-order valence-electron chi connectivity index (χ1n) is 6.68. The monoisotopic (exact) mass is 297 g/mol. The van der Waals surface area contributed by atoms with Crippen LogP contribution in [0.1, 0.15) is 31.4 Å². The molecule has 0 radical (unpaired) electrons. The van der Waals surface area contributed by atoms with Gasteiger partial charge < -0.3 is 5.11 Å². The third-order valence-electron chi connectivity index (χ3n) is 3.86. The zero-order valence-corrected chi connectivity index (χ0v) is 12.4. The van der Waals surface area contributed by atoms with Crippen molar-refractivity contribution >= 4 is 16.0 Å². The Hall–Kier alpha value is -1.40. The van der Waals surface area contributed by atoms with Crippen molar-refractivity contribution in [1.82, 2.24) is 4.72 Å². The molecule has 0 spiro atoms. The highest BCUT2D eigenvalue weighted by Crippen LogP contribution is 2.25. The Morgan fingerprint density at radius 2 is 1.90 bits per heavy atom. The molecule has 0 fully saturated rings. The minimum Gasteiger partial charge on any atom is -0.481 e. The van der Waals surface area contributed by atoms with Crippen molar-refractivity contribution in [3.05, 3.63) is 29.3 Å². The first kappa shape index (κ1) is 15.0. The van der Waals surface area contributed by atoms with Gasteiger partial charge in [-0.1, -0.05) is 13.0 Å². The lowest BCUT2D eigenvalue weighted by molar-refractivity contribution is -0.141. The number of carboxylic acid groups (broad SMARTS) is 1. The third kappa shape index (κ3) is 3.02. The average Bonchev–Trinajstić information content (AvgIpc) is 2.84. The number of hydrogen-bond acceptors (Lipinski definition) is 3. The van der Waals surface area contributed by atoms with Gasteiger partial charge in [0.1, 0.15) is 0 Å². The quantitative estimate of drug-likeness (QED) is 0.864. The maximum atomic E-state index is 12.3. The van der Waals surface area contributed by atoms with Crippen LogP contribution in [0.15, 0.2) is 23.1 Å². The van der Waals surface area contributed by atoms with Gasteiger partial charge in [0.2, 0.25) is 10.0 Å². The smallest absolute Gasteiger partial charge is 0.307 e. The summed E-state index contributed by atoms with van der Waals surface area (Å²) in [4.78, 5) is 11.1. The molecule has 20 heavy (non-hydrogen) atoms. The summed E-state index contributed by atoms with van der Waals surface area (Å²) < 4.78 is 27.0. The molecule has 0 heterocycles. The number of sulfonamides is 1. The van der Waals surface area contributed by atoms with E-state index in [1.807, 2.05) is 6.07 Å². The number of fused-ring (bicyclic) bond motifs is 1. The molecule has 0 bridgehead atoms. The van der Waals surface area contributed by atoms with Crippen LogP contribution in [-0.4, -0.2) is 25.5 Å². The van der Waals surface area contributed by atoms with Gasteiger partial charge in [0.15, 0.2) is 0 Å². The molecule has 0 aromatic heterocycles. The molecule has 2 atom stereocenters. The number of benzene rings is 1. The van der Waals surface area contributed by atoms with Gasteiger partial charge >= 0.3 is 5.97 Å². The normalized spacial score (nSPS) is 17.5. The van der Waals surface area contributed by atoms with E-state index in [9.17, 15) is 13.2 Å². The van der Waals surface area contributed by atoms with Crippen LogP contribution in [-0.2, 0) is 27.7 Å². The van der Waals surface area contributed by atoms with Crippen LogP contribution in [0.5, 0.6) is 0 Å². The zero-order valence-electron chi connectivity index (χ0n) is 11.6. The minimum atomic E-state index is -3.67.